The number of likely N-dealkylation sites (N-methyl/N-ethyl adjacent to an activating group) is 1. The Morgan fingerprint density at radius 2 is 2.06 bits per heavy atom. The van der Waals surface area contributed by atoms with Gasteiger partial charge in [0, 0.05) is 31.1 Å². The van der Waals surface area contributed by atoms with Crippen LogP contribution in [-0.4, -0.2) is 54.1 Å². The van der Waals surface area contributed by atoms with Crippen LogP contribution in [0.5, 0.6) is 0 Å². The van der Waals surface area contributed by atoms with Gasteiger partial charge in [0.2, 0.25) is 0 Å². The molecule has 0 amide bonds. The molecule has 1 unspecified atom stereocenters. The highest BCUT2D eigenvalue weighted by Gasteiger charge is 2.31. The Hall–Kier alpha value is -0.910. The van der Waals surface area contributed by atoms with E-state index in [0.717, 1.165) is 36.6 Å². The fraction of sp³-hybridized carbons (Fsp3) is 0.583. The van der Waals surface area contributed by atoms with Crippen LogP contribution in [-0.2, 0) is 4.79 Å². The minimum atomic E-state index is -0.736. The molecule has 1 aliphatic heterocycles. The second kappa shape index (κ2) is 5.16. The minimum Gasteiger partial charge on any atom is -0.480 e. The summed E-state index contributed by atoms with van der Waals surface area (Å²) in [6.45, 7) is 5.51. The molecule has 2 heterocycles. The van der Waals surface area contributed by atoms with Crippen molar-refractivity contribution < 1.29 is 9.90 Å². The van der Waals surface area contributed by atoms with Crippen molar-refractivity contribution >= 4 is 17.3 Å². The maximum atomic E-state index is 11.5. The number of aryl methyl sites for hydroxylation is 1. The van der Waals surface area contributed by atoms with Crippen LogP contribution in [0, 0.1) is 6.92 Å². The van der Waals surface area contributed by atoms with Crippen molar-refractivity contribution in [2.45, 2.75) is 13.0 Å². The SMILES string of the molecule is Cc1ccsc1C(C(=O)O)N1CCN(C)CC1. The van der Waals surface area contributed by atoms with Crippen LogP contribution >= 0.6 is 11.3 Å². The Labute approximate surface area is 105 Å². The van der Waals surface area contributed by atoms with Crippen molar-refractivity contribution in [1.82, 2.24) is 9.80 Å². The number of thiophene rings is 1. The highest BCUT2D eigenvalue weighted by Crippen LogP contribution is 2.29. The molecule has 0 saturated carbocycles. The number of piperazine rings is 1. The van der Waals surface area contributed by atoms with E-state index in [-0.39, 0.29) is 0 Å². The Morgan fingerprint density at radius 3 is 2.53 bits per heavy atom. The molecule has 0 bridgehead atoms. The van der Waals surface area contributed by atoms with Crippen LogP contribution in [0.25, 0.3) is 0 Å². The van der Waals surface area contributed by atoms with Gasteiger partial charge in [0.05, 0.1) is 0 Å². The molecule has 1 aromatic rings. The predicted molar refractivity (Wildman–Crippen MR) is 68.5 cm³/mol. The lowest BCUT2D eigenvalue weighted by Crippen LogP contribution is -2.47. The van der Waals surface area contributed by atoms with Gasteiger partial charge in [-0.3, -0.25) is 9.69 Å². The van der Waals surface area contributed by atoms with Crippen LogP contribution in [0.15, 0.2) is 11.4 Å². The van der Waals surface area contributed by atoms with Gasteiger partial charge < -0.3 is 10.0 Å². The fourth-order valence-corrected chi connectivity index (χ4v) is 3.23. The number of carboxylic acids is 1. The molecule has 5 heteroatoms. The predicted octanol–water partition coefficient (Wildman–Crippen LogP) is 1.43. The summed E-state index contributed by atoms with van der Waals surface area (Å²) in [5.74, 6) is -0.736. The number of nitrogens with zero attached hydrogens (tertiary/aromatic N) is 2. The highest BCUT2D eigenvalue weighted by atomic mass is 32.1. The number of carboxylic acid groups (broad SMARTS) is 1. The average molecular weight is 254 g/mol. The quantitative estimate of drug-likeness (QED) is 0.886. The summed E-state index contributed by atoms with van der Waals surface area (Å²) in [5.41, 5.74) is 1.08. The molecular formula is C12H18N2O2S. The van der Waals surface area contributed by atoms with Crippen molar-refractivity contribution in [2.24, 2.45) is 0 Å². The van der Waals surface area contributed by atoms with E-state index in [1.54, 1.807) is 11.3 Å². The summed E-state index contributed by atoms with van der Waals surface area (Å²) in [6, 6.07) is 1.52. The normalized spacial score (nSPS) is 20.4. The molecule has 1 atom stereocenters. The monoisotopic (exact) mass is 254 g/mol. The third kappa shape index (κ3) is 2.68. The van der Waals surface area contributed by atoms with Crippen molar-refractivity contribution in [3.8, 4) is 0 Å². The van der Waals surface area contributed by atoms with Crippen LogP contribution in [0.2, 0.25) is 0 Å². The molecular weight excluding hydrogens is 236 g/mol. The van der Waals surface area contributed by atoms with Gasteiger partial charge in [-0.2, -0.15) is 0 Å². The van der Waals surface area contributed by atoms with E-state index in [4.69, 9.17) is 0 Å². The summed E-state index contributed by atoms with van der Waals surface area (Å²) in [6.07, 6.45) is 0. The summed E-state index contributed by atoms with van der Waals surface area (Å²) in [4.78, 5) is 16.8. The molecule has 0 aromatic carbocycles. The summed E-state index contributed by atoms with van der Waals surface area (Å²) < 4.78 is 0. The van der Waals surface area contributed by atoms with E-state index in [9.17, 15) is 9.90 Å². The first kappa shape index (κ1) is 12.5. The van der Waals surface area contributed by atoms with Crippen molar-refractivity contribution in [2.75, 3.05) is 33.2 Å². The van der Waals surface area contributed by atoms with Gasteiger partial charge in [0.1, 0.15) is 6.04 Å². The lowest BCUT2D eigenvalue weighted by Gasteiger charge is -2.35. The van der Waals surface area contributed by atoms with Gasteiger partial charge in [-0.05, 0) is 31.0 Å². The molecule has 0 aliphatic carbocycles. The Bertz CT molecular complexity index is 397. The number of carbonyl (C=O) groups is 1. The van der Waals surface area contributed by atoms with Gasteiger partial charge in [-0.15, -0.1) is 11.3 Å². The van der Waals surface area contributed by atoms with E-state index in [0.29, 0.717) is 0 Å². The Kier molecular flexibility index (Phi) is 3.81. The molecule has 94 valence electrons. The zero-order valence-electron chi connectivity index (χ0n) is 10.2. The highest BCUT2D eigenvalue weighted by molar-refractivity contribution is 7.10. The number of aliphatic carboxylic acids is 1. The second-order valence-electron chi connectivity index (χ2n) is 4.55. The van der Waals surface area contributed by atoms with E-state index in [1.165, 1.54) is 0 Å². The van der Waals surface area contributed by atoms with Crippen molar-refractivity contribution in [3.05, 3.63) is 21.9 Å². The third-order valence-electron chi connectivity index (χ3n) is 3.29. The molecule has 0 spiro atoms. The maximum Gasteiger partial charge on any atom is 0.326 e. The zero-order chi connectivity index (χ0) is 12.4. The van der Waals surface area contributed by atoms with Gasteiger partial charge in [0.25, 0.3) is 0 Å². The number of hydrogen-bond acceptors (Lipinski definition) is 4. The van der Waals surface area contributed by atoms with E-state index >= 15 is 0 Å². The van der Waals surface area contributed by atoms with Crippen molar-refractivity contribution in [1.29, 1.82) is 0 Å². The first-order valence-electron chi connectivity index (χ1n) is 5.79. The molecule has 2 rings (SSSR count). The largest absolute Gasteiger partial charge is 0.480 e. The third-order valence-corrected chi connectivity index (χ3v) is 4.36. The molecule has 1 N–H and O–H groups in total. The molecule has 1 aliphatic rings. The lowest BCUT2D eigenvalue weighted by molar-refractivity contribution is -0.144. The Balaban J connectivity index is 2.19. The van der Waals surface area contributed by atoms with Crippen LogP contribution in [0.4, 0.5) is 0 Å². The number of rotatable bonds is 3. The molecule has 0 radical (unpaired) electrons. The van der Waals surface area contributed by atoms with Crippen LogP contribution in [0.1, 0.15) is 16.5 Å². The maximum absolute atomic E-state index is 11.5. The standard InChI is InChI=1S/C12H18N2O2S/c1-9-3-8-17-11(9)10(12(15)16)14-6-4-13(2)5-7-14/h3,8,10H,4-7H2,1-2H3,(H,15,16). The van der Waals surface area contributed by atoms with Gasteiger partial charge in [-0.1, -0.05) is 0 Å². The number of hydrogen-bond donors (Lipinski definition) is 1. The van der Waals surface area contributed by atoms with Crippen molar-refractivity contribution in [3.63, 3.8) is 0 Å². The summed E-state index contributed by atoms with van der Waals surface area (Å²) in [5, 5.41) is 11.4. The first-order valence-corrected chi connectivity index (χ1v) is 6.67. The van der Waals surface area contributed by atoms with E-state index < -0.39 is 12.0 Å². The van der Waals surface area contributed by atoms with Gasteiger partial charge in [0.15, 0.2) is 0 Å². The van der Waals surface area contributed by atoms with Gasteiger partial charge >= 0.3 is 5.97 Å². The van der Waals surface area contributed by atoms with Gasteiger partial charge in [-0.25, -0.2) is 0 Å². The topological polar surface area (TPSA) is 43.8 Å². The van der Waals surface area contributed by atoms with Crippen LogP contribution < -0.4 is 0 Å². The molecule has 1 saturated heterocycles. The molecule has 1 fully saturated rings. The average Bonchev–Trinajstić information content (AvgIpc) is 2.68. The minimum absolute atomic E-state index is 0.469. The Morgan fingerprint density at radius 1 is 1.41 bits per heavy atom. The molecule has 4 nitrogen and oxygen atoms in total. The fourth-order valence-electron chi connectivity index (χ4n) is 2.18. The summed E-state index contributed by atoms with van der Waals surface area (Å²) >= 11 is 1.54. The molecule has 17 heavy (non-hydrogen) atoms. The lowest BCUT2D eigenvalue weighted by atomic mass is 10.1. The van der Waals surface area contributed by atoms with E-state index in [2.05, 4.69) is 16.8 Å². The molecule has 1 aromatic heterocycles. The first-order chi connectivity index (χ1) is 8.09. The second-order valence-corrected chi connectivity index (χ2v) is 5.50. The van der Waals surface area contributed by atoms with E-state index in [1.807, 2.05) is 18.4 Å². The van der Waals surface area contributed by atoms with Crippen LogP contribution in [0.3, 0.4) is 0 Å². The smallest absolute Gasteiger partial charge is 0.326 e. The summed E-state index contributed by atoms with van der Waals surface area (Å²) in [7, 11) is 2.07. The zero-order valence-corrected chi connectivity index (χ0v) is 11.0.